The molecule has 54 heavy (non-hydrogen) atoms. The molecular weight excluding hydrogens is 727 g/mol. The Hall–Kier alpha value is -4.89. The summed E-state index contributed by atoms with van der Waals surface area (Å²) >= 11 is 1.28. The van der Waals surface area contributed by atoms with Gasteiger partial charge in [0.15, 0.2) is 0 Å². The number of aromatic nitrogens is 3. The van der Waals surface area contributed by atoms with E-state index in [0.29, 0.717) is 10.6 Å². The SMILES string of the molecule is Cc1ccc(S(=O)(=O)NC(=O)[C@H](CC(C)C)NC(=O)[C@@H]2C[C@H](n3cc(-c4ccccc4)nn3)CN2C(=O)[C@@H](NC(=O)c2cccs2)C2CCCCC2)cc1. The van der Waals surface area contributed by atoms with Crippen LogP contribution in [0.3, 0.4) is 0 Å². The van der Waals surface area contributed by atoms with Gasteiger partial charge in [0.1, 0.15) is 23.8 Å². The van der Waals surface area contributed by atoms with E-state index in [0.717, 1.165) is 43.2 Å². The summed E-state index contributed by atoms with van der Waals surface area (Å²) in [6, 6.07) is 15.5. The lowest BCUT2D eigenvalue weighted by molar-refractivity contribution is -0.142. The summed E-state index contributed by atoms with van der Waals surface area (Å²) < 4.78 is 30.2. The van der Waals surface area contributed by atoms with E-state index in [-0.39, 0.29) is 47.9 Å². The van der Waals surface area contributed by atoms with Gasteiger partial charge in [-0.1, -0.05) is 92.4 Å². The Balaban J connectivity index is 1.29. The van der Waals surface area contributed by atoms with Crippen molar-refractivity contribution < 1.29 is 27.6 Å². The fourth-order valence-corrected chi connectivity index (χ4v) is 8.94. The first-order chi connectivity index (χ1) is 25.9. The molecule has 2 aromatic carbocycles. The summed E-state index contributed by atoms with van der Waals surface area (Å²) in [5.74, 6) is -2.43. The molecule has 3 N–H and O–H groups in total. The average Bonchev–Trinajstić information content (AvgIpc) is 3.96. The van der Waals surface area contributed by atoms with Crippen LogP contribution in [0.1, 0.15) is 80.1 Å². The molecule has 13 nitrogen and oxygen atoms in total. The smallest absolute Gasteiger partial charge is 0.264 e. The van der Waals surface area contributed by atoms with Crippen LogP contribution in [0.2, 0.25) is 0 Å². The van der Waals surface area contributed by atoms with Crippen molar-refractivity contribution in [1.82, 2.24) is 35.2 Å². The Morgan fingerprint density at radius 1 is 0.926 bits per heavy atom. The number of likely N-dealkylation sites (tertiary alicyclic amines) is 1. The van der Waals surface area contributed by atoms with Crippen molar-refractivity contribution in [2.24, 2.45) is 11.8 Å². The van der Waals surface area contributed by atoms with E-state index in [1.807, 2.05) is 51.1 Å². The second-order valence-electron chi connectivity index (χ2n) is 14.6. The van der Waals surface area contributed by atoms with Crippen LogP contribution in [0.25, 0.3) is 11.3 Å². The first-order valence-electron chi connectivity index (χ1n) is 18.5. The summed E-state index contributed by atoms with van der Waals surface area (Å²) in [5, 5.41) is 16.4. The molecule has 1 aliphatic carbocycles. The number of carbonyl (C=O) groups is 4. The molecule has 0 unspecified atom stereocenters. The van der Waals surface area contributed by atoms with Crippen molar-refractivity contribution in [2.45, 2.75) is 94.8 Å². The van der Waals surface area contributed by atoms with E-state index in [1.54, 1.807) is 40.5 Å². The molecule has 1 saturated carbocycles. The second kappa shape index (κ2) is 17.1. The highest BCUT2D eigenvalue weighted by molar-refractivity contribution is 7.90. The van der Waals surface area contributed by atoms with E-state index in [4.69, 9.17) is 0 Å². The van der Waals surface area contributed by atoms with Gasteiger partial charge in [0.25, 0.3) is 21.8 Å². The number of amides is 4. The summed E-state index contributed by atoms with van der Waals surface area (Å²) in [6.07, 6.45) is 6.49. The highest BCUT2D eigenvalue weighted by Crippen LogP contribution is 2.33. The maximum Gasteiger partial charge on any atom is 0.264 e. The molecule has 15 heteroatoms. The fourth-order valence-electron chi connectivity index (χ4n) is 7.29. The van der Waals surface area contributed by atoms with Crippen molar-refractivity contribution in [3.8, 4) is 11.3 Å². The number of nitrogens with zero attached hydrogens (tertiary/aromatic N) is 4. The van der Waals surface area contributed by atoms with Crippen LogP contribution < -0.4 is 15.4 Å². The third-order valence-corrected chi connectivity index (χ3v) is 12.4. The number of rotatable bonds is 13. The van der Waals surface area contributed by atoms with Crippen LogP contribution >= 0.6 is 11.3 Å². The molecule has 0 bridgehead atoms. The zero-order valence-corrected chi connectivity index (χ0v) is 32.3. The lowest BCUT2D eigenvalue weighted by atomic mass is 9.83. The van der Waals surface area contributed by atoms with Crippen LogP contribution in [0, 0.1) is 18.8 Å². The van der Waals surface area contributed by atoms with Gasteiger partial charge in [0, 0.05) is 18.5 Å². The number of aryl methyl sites for hydroxylation is 1. The maximum absolute atomic E-state index is 14.8. The molecule has 3 heterocycles. The highest BCUT2D eigenvalue weighted by Gasteiger charge is 2.46. The molecule has 286 valence electrons. The van der Waals surface area contributed by atoms with Gasteiger partial charge in [-0.3, -0.25) is 19.2 Å². The lowest BCUT2D eigenvalue weighted by Gasteiger charge is -2.35. The molecule has 0 radical (unpaired) electrons. The predicted molar refractivity (Wildman–Crippen MR) is 205 cm³/mol. The van der Waals surface area contributed by atoms with E-state index in [9.17, 15) is 27.6 Å². The molecule has 4 amide bonds. The van der Waals surface area contributed by atoms with Gasteiger partial charge in [0.05, 0.1) is 22.0 Å². The third kappa shape index (κ3) is 9.24. The predicted octanol–water partition coefficient (Wildman–Crippen LogP) is 4.87. The summed E-state index contributed by atoms with van der Waals surface area (Å²) in [5.41, 5.74) is 2.35. The van der Waals surface area contributed by atoms with Gasteiger partial charge in [-0.25, -0.2) is 17.8 Å². The quantitative estimate of drug-likeness (QED) is 0.173. The molecule has 6 rings (SSSR count). The van der Waals surface area contributed by atoms with Gasteiger partial charge >= 0.3 is 0 Å². The number of sulfonamides is 1. The largest absolute Gasteiger partial charge is 0.342 e. The number of thiophene rings is 1. The van der Waals surface area contributed by atoms with Crippen molar-refractivity contribution in [1.29, 1.82) is 0 Å². The minimum atomic E-state index is -4.23. The van der Waals surface area contributed by atoms with Crippen molar-refractivity contribution in [2.75, 3.05) is 6.54 Å². The van der Waals surface area contributed by atoms with Crippen molar-refractivity contribution >= 4 is 45.0 Å². The van der Waals surface area contributed by atoms with Crippen LogP contribution in [0.15, 0.2) is 83.2 Å². The van der Waals surface area contributed by atoms with Gasteiger partial charge < -0.3 is 15.5 Å². The molecule has 1 saturated heterocycles. The monoisotopic (exact) mass is 773 g/mol. The van der Waals surface area contributed by atoms with Crippen molar-refractivity contribution in [3.05, 3.63) is 88.7 Å². The first-order valence-corrected chi connectivity index (χ1v) is 20.8. The van der Waals surface area contributed by atoms with Crippen LogP contribution in [0.4, 0.5) is 0 Å². The number of nitrogens with one attached hydrogen (secondary N) is 3. The molecule has 2 aliphatic rings. The molecule has 1 aliphatic heterocycles. The number of benzene rings is 2. The fraction of sp³-hybridized carbons (Fsp3) is 0.436. The zero-order chi connectivity index (χ0) is 38.4. The average molecular weight is 774 g/mol. The Kier molecular flexibility index (Phi) is 12.3. The molecule has 4 aromatic rings. The summed E-state index contributed by atoms with van der Waals surface area (Å²) in [6.45, 7) is 5.66. The van der Waals surface area contributed by atoms with Crippen LogP contribution in [0.5, 0.6) is 0 Å². The molecule has 0 spiro atoms. The van der Waals surface area contributed by atoms with Gasteiger partial charge in [-0.05, 0) is 61.6 Å². The zero-order valence-electron chi connectivity index (χ0n) is 30.7. The molecule has 2 aromatic heterocycles. The minimum Gasteiger partial charge on any atom is -0.342 e. The minimum absolute atomic E-state index is 0.0764. The van der Waals surface area contributed by atoms with Crippen molar-refractivity contribution in [3.63, 3.8) is 0 Å². The van der Waals surface area contributed by atoms with Gasteiger partial charge in [0.2, 0.25) is 11.8 Å². The number of hydrogen-bond donors (Lipinski definition) is 3. The summed E-state index contributed by atoms with van der Waals surface area (Å²) in [4.78, 5) is 58.1. The number of hydrogen-bond acceptors (Lipinski definition) is 9. The van der Waals surface area contributed by atoms with E-state index >= 15 is 0 Å². The first kappa shape index (κ1) is 38.8. The van der Waals surface area contributed by atoms with Crippen LogP contribution in [-0.2, 0) is 24.4 Å². The molecule has 2 fully saturated rings. The Morgan fingerprint density at radius 2 is 1.65 bits per heavy atom. The Bertz CT molecular complexity index is 2030. The molecular formula is C39H47N7O6S2. The normalized spacial score (nSPS) is 18.9. The van der Waals surface area contributed by atoms with Gasteiger partial charge in [-0.2, -0.15) is 0 Å². The molecule has 4 atom stereocenters. The highest BCUT2D eigenvalue weighted by atomic mass is 32.2. The lowest BCUT2D eigenvalue weighted by Crippen LogP contribution is -2.58. The van der Waals surface area contributed by atoms with E-state index in [2.05, 4.69) is 25.7 Å². The third-order valence-electron chi connectivity index (χ3n) is 10.1. The Morgan fingerprint density at radius 3 is 2.31 bits per heavy atom. The van der Waals surface area contributed by atoms with E-state index < -0.39 is 46.0 Å². The number of carbonyl (C=O) groups excluding carboxylic acids is 4. The Labute approximate surface area is 320 Å². The summed E-state index contributed by atoms with van der Waals surface area (Å²) in [7, 11) is -4.23. The topological polar surface area (TPSA) is 172 Å². The second-order valence-corrected chi connectivity index (χ2v) is 17.3. The van der Waals surface area contributed by atoms with E-state index in [1.165, 1.54) is 28.4 Å². The standard InChI is InChI=1S/C39H47N7O6S2/c1-25(2)21-31(36(47)43-54(51,52)30-18-16-26(3)17-19-30)40-37(48)33-22-29(46-24-32(42-44-46)27-11-6-4-7-12-27)23-45(33)39(50)35(28-13-8-5-9-14-28)41-38(49)34-15-10-20-53-34/h4,6-7,10-12,15-20,24-25,28-29,31,33,35H,5,8-9,13-14,21-23H2,1-3H3,(H,40,48)(H,41,49)(H,43,47)/t29-,31-,33-,35-/m0/s1. The maximum atomic E-state index is 14.8. The van der Waals surface area contributed by atoms with Gasteiger partial charge in [-0.15, -0.1) is 16.4 Å². The van der Waals surface area contributed by atoms with Crippen LogP contribution in [-0.4, -0.2) is 76.6 Å².